The number of rotatable bonds is 5. The predicted octanol–water partition coefficient (Wildman–Crippen LogP) is 2.07. The number of aliphatic hydroxyl groups excluding tert-OH is 2. The molecule has 3 nitrogen and oxygen atoms in total. The average Bonchev–Trinajstić information content (AvgIpc) is 2.84. The molecule has 2 aliphatic carbocycles. The molecule has 0 spiro atoms. The van der Waals surface area contributed by atoms with Crippen LogP contribution in [0.5, 0.6) is 0 Å². The molecule has 0 radical (unpaired) electrons. The van der Waals surface area contributed by atoms with Crippen molar-refractivity contribution in [2.45, 2.75) is 52.1 Å². The summed E-state index contributed by atoms with van der Waals surface area (Å²) in [5.74, 6) is 0.611. The molecule has 2 bridgehead atoms. The van der Waals surface area contributed by atoms with Crippen LogP contribution in [0.25, 0.3) is 0 Å². The lowest BCUT2D eigenvalue weighted by atomic mass is 9.66. The summed E-state index contributed by atoms with van der Waals surface area (Å²) in [5, 5.41) is 19.5. The SMILES string of the molecule is C[C@@]12CC[C@@H](C1)[C@@](C)(CC/C=C(\C=O)CO)[C@@H]2O. The lowest BCUT2D eigenvalue weighted by Crippen LogP contribution is -2.42. The number of allylic oxidation sites excluding steroid dienone is 1. The summed E-state index contributed by atoms with van der Waals surface area (Å²) in [4.78, 5) is 10.6. The van der Waals surface area contributed by atoms with Crippen molar-refractivity contribution in [1.82, 2.24) is 0 Å². The fourth-order valence-corrected chi connectivity index (χ4v) is 4.16. The topological polar surface area (TPSA) is 57.5 Å². The van der Waals surface area contributed by atoms with Crippen LogP contribution in [0.3, 0.4) is 0 Å². The second-order valence-corrected chi connectivity index (χ2v) is 6.60. The van der Waals surface area contributed by atoms with Gasteiger partial charge in [0, 0.05) is 5.57 Å². The van der Waals surface area contributed by atoms with Crippen molar-refractivity contribution >= 4 is 6.29 Å². The molecule has 2 saturated carbocycles. The van der Waals surface area contributed by atoms with Crippen LogP contribution in [0.4, 0.5) is 0 Å². The molecule has 0 aromatic carbocycles. The van der Waals surface area contributed by atoms with Gasteiger partial charge < -0.3 is 10.2 Å². The Hall–Kier alpha value is -0.670. The van der Waals surface area contributed by atoms with Gasteiger partial charge in [0.25, 0.3) is 0 Å². The van der Waals surface area contributed by atoms with E-state index in [0.717, 1.165) is 25.7 Å². The zero-order valence-electron chi connectivity index (χ0n) is 11.4. The number of carbonyl (C=O) groups excluding carboxylic acids is 1. The van der Waals surface area contributed by atoms with E-state index in [0.29, 0.717) is 17.8 Å². The number of fused-ring (bicyclic) bond motifs is 2. The van der Waals surface area contributed by atoms with E-state index in [1.165, 1.54) is 6.42 Å². The molecule has 4 atom stereocenters. The van der Waals surface area contributed by atoms with Crippen LogP contribution in [0.2, 0.25) is 0 Å². The van der Waals surface area contributed by atoms with E-state index >= 15 is 0 Å². The summed E-state index contributed by atoms with van der Waals surface area (Å²) in [6.07, 6.45) is 7.43. The Labute approximate surface area is 109 Å². The summed E-state index contributed by atoms with van der Waals surface area (Å²) < 4.78 is 0. The third-order valence-electron chi connectivity index (χ3n) is 5.42. The summed E-state index contributed by atoms with van der Waals surface area (Å²) in [7, 11) is 0. The first-order valence-electron chi connectivity index (χ1n) is 6.89. The first-order valence-corrected chi connectivity index (χ1v) is 6.89. The Bertz CT molecular complexity index is 363. The summed E-state index contributed by atoms with van der Waals surface area (Å²) in [5.41, 5.74) is 0.531. The lowest BCUT2D eigenvalue weighted by molar-refractivity contribution is -0.105. The van der Waals surface area contributed by atoms with Crippen molar-refractivity contribution in [3.8, 4) is 0 Å². The van der Waals surface area contributed by atoms with Crippen LogP contribution >= 0.6 is 0 Å². The number of carbonyl (C=O) groups is 1. The average molecular weight is 252 g/mol. The van der Waals surface area contributed by atoms with Gasteiger partial charge in [0.15, 0.2) is 0 Å². The Balaban J connectivity index is 2.01. The van der Waals surface area contributed by atoms with Crippen molar-refractivity contribution in [1.29, 1.82) is 0 Å². The molecule has 0 heterocycles. The standard InChI is InChI=1S/C15H24O3/c1-14-7-5-12(8-14)15(2,13(14)18)6-3-4-11(9-16)10-17/h4,9,12-13,17-18H,3,5-8,10H2,1-2H3/b11-4+/t12-,13+,14+,15+/m0/s1. The molecule has 0 amide bonds. The third-order valence-corrected chi connectivity index (χ3v) is 5.42. The van der Waals surface area contributed by atoms with Gasteiger partial charge in [-0.3, -0.25) is 4.79 Å². The van der Waals surface area contributed by atoms with Crippen LogP contribution in [0.15, 0.2) is 11.6 Å². The highest BCUT2D eigenvalue weighted by atomic mass is 16.3. The molecule has 0 aliphatic heterocycles. The Morgan fingerprint density at radius 1 is 1.44 bits per heavy atom. The first kappa shape index (κ1) is 13.8. The fourth-order valence-electron chi connectivity index (χ4n) is 4.16. The monoisotopic (exact) mass is 252 g/mol. The molecule has 2 fully saturated rings. The predicted molar refractivity (Wildman–Crippen MR) is 70.0 cm³/mol. The lowest BCUT2D eigenvalue weighted by Gasteiger charge is -2.41. The zero-order chi connectivity index (χ0) is 13.4. The second kappa shape index (κ2) is 4.78. The first-order chi connectivity index (χ1) is 8.46. The molecule has 2 aliphatic rings. The largest absolute Gasteiger partial charge is 0.392 e. The van der Waals surface area contributed by atoms with Gasteiger partial charge in [-0.25, -0.2) is 0 Å². The van der Waals surface area contributed by atoms with Crippen molar-refractivity contribution in [2.24, 2.45) is 16.7 Å². The maximum atomic E-state index is 10.6. The minimum Gasteiger partial charge on any atom is -0.392 e. The van der Waals surface area contributed by atoms with E-state index in [4.69, 9.17) is 5.11 Å². The van der Waals surface area contributed by atoms with E-state index in [1.54, 1.807) is 6.08 Å². The molecule has 102 valence electrons. The molecule has 2 rings (SSSR count). The van der Waals surface area contributed by atoms with E-state index in [2.05, 4.69) is 13.8 Å². The zero-order valence-corrected chi connectivity index (χ0v) is 11.4. The minimum atomic E-state index is -0.231. The highest BCUT2D eigenvalue weighted by Gasteiger charge is 2.60. The number of aliphatic hydroxyl groups is 2. The molecule has 0 aromatic rings. The number of aldehydes is 1. The minimum absolute atomic E-state index is 0.0209. The van der Waals surface area contributed by atoms with Gasteiger partial charge in [0.05, 0.1) is 12.7 Å². The van der Waals surface area contributed by atoms with Gasteiger partial charge in [0.1, 0.15) is 6.29 Å². The van der Waals surface area contributed by atoms with Crippen LogP contribution in [0.1, 0.15) is 46.0 Å². The molecular formula is C15H24O3. The van der Waals surface area contributed by atoms with E-state index < -0.39 is 0 Å². The van der Waals surface area contributed by atoms with Crippen LogP contribution in [-0.2, 0) is 4.79 Å². The van der Waals surface area contributed by atoms with Gasteiger partial charge >= 0.3 is 0 Å². The van der Waals surface area contributed by atoms with Gasteiger partial charge in [0.2, 0.25) is 0 Å². The van der Waals surface area contributed by atoms with Gasteiger partial charge in [-0.05, 0) is 48.9 Å². The summed E-state index contributed by atoms with van der Waals surface area (Å²) >= 11 is 0. The van der Waals surface area contributed by atoms with Crippen molar-refractivity contribution in [2.75, 3.05) is 6.61 Å². The van der Waals surface area contributed by atoms with Crippen LogP contribution in [-0.4, -0.2) is 29.2 Å². The summed E-state index contributed by atoms with van der Waals surface area (Å²) in [6.45, 7) is 4.19. The highest BCUT2D eigenvalue weighted by Crippen LogP contribution is 2.64. The molecular weight excluding hydrogens is 228 g/mol. The normalized spacial score (nSPS) is 43.4. The van der Waals surface area contributed by atoms with Gasteiger partial charge in [-0.2, -0.15) is 0 Å². The highest BCUT2D eigenvalue weighted by molar-refractivity contribution is 5.73. The van der Waals surface area contributed by atoms with Gasteiger partial charge in [-0.1, -0.05) is 19.9 Å². The quantitative estimate of drug-likeness (QED) is 0.582. The van der Waals surface area contributed by atoms with Crippen LogP contribution in [0, 0.1) is 16.7 Å². The maximum absolute atomic E-state index is 10.6. The van der Waals surface area contributed by atoms with Crippen molar-refractivity contribution < 1.29 is 15.0 Å². The Morgan fingerprint density at radius 3 is 2.67 bits per heavy atom. The van der Waals surface area contributed by atoms with Crippen molar-refractivity contribution in [3.05, 3.63) is 11.6 Å². The Morgan fingerprint density at radius 2 is 2.17 bits per heavy atom. The maximum Gasteiger partial charge on any atom is 0.148 e. The third kappa shape index (κ3) is 2.04. The molecule has 3 heteroatoms. The molecule has 0 aromatic heterocycles. The molecule has 18 heavy (non-hydrogen) atoms. The number of hydrogen-bond acceptors (Lipinski definition) is 3. The molecule has 0 saturated heterocycles. The smallest absolute Gasteiger partial charge is 0.148 e. The van der Waals surface area contributed by atoms with E-state index in [9.17, 15) is 9.90 Å². The second-order valence-electron chi connectivity index (χ2n) is 6.60. The molecule has 0 unspecified atom stereocenters. The molecule has 2 N–H and O–H groups in total. The fraction of sp³-hybridized carbons (Fsp3) is 0.800. The summed E-state index contributed by atoms with van der Waals surface area (Å²) in [6, 6.07) is 0. The van der Waals surface area contributed by atoms with Crippen LogP contribution < -0.4 is 0 Å². The number of hydrogen-bond donors (Lipinski definition) is 2. The van der Waals surface area contributed by atoms with Crippen molar-refractivity contribution in [3.63, 3.8) is 0 Å². The van der Waals surface area contributed by atoms with E-state index in [-0.39, 0.29) is 23.5 Å². The van der Waals surface area contributed by atoms with Gasteiger partial charge in [-0.15, -0.1) is 0 Å². The van der Waals surface area contributed by atoms with E-state index in [1.807, 2.05) is 0 Å². The Kier molecular flexibility index (Phi) is 3.65.